The molecule has 2 heterocycles. The maximum absolute atomic E-state index is 11.8. The molecule has 1 fully saturated rings. The Kier molecular flexibility index (Phi) is 4.00. The van der Waals surface area contributed by atoms with Crippen molar-refractivity contribution in [3.8, 4) is 0 Å². The molecule has 11 heteroatoms. The van der Waals surface area contributed by atoms with Crippen molar-refractivity contribution in [1.82, 2.24) is 4.90 Å². The average molecular weight is 340 g/mol. The van der Waals surface area contributed by atoms with Gasteiger partial charge in [0, 0.05) is 0 Å². The molecule has 1 saturated heterocycles. The molecule has 7 nitrogen and oxygen atoms in total. The number of fused-ring (bicyclic) bond motifs is 1. The van der Waals surface area contributed by atoms with Gasteiger partial charge < -0.3 is 8.84 Å². The van der Waals surface area contributed by atoms with Crippen LogP contribution in [-0.2, 0) is 28.5 Å². The minimum absolute atomic E-state index is 0.113. The molecule has 0 radical (unpaired) electrons. The summed E-state index contributed by atoms with van der Waals surface area (Å²) in [6, 6.07) is 0. The number of rotatable bonds is 3. The molecule has 20 heavy (non-hydrogen) atoms. The van der Waals surface area contributed by atoms with E-state index in [1.165, 1.54) is 11.8 Å². The van der Waals surface area contributed by atoms with Crippen molar-refractivity contribution in [2.75, 3.05) is 6.26 Å². The lowest BCUT2D eigenvalue weighted by Gasteiger charge is -2.48. The van der Waals surface area contributed by atoms with Crippen molar-refractivity contribution in [1.29, 1.82) is 0 Å². The summed E-state index contributed by atoms with van der Waals surface area (Å²) >= 11 is 7.13. The van der Waals surface area contributed by atoms with Gasteiger partial charge in [0.25, 0.3) is 0 Å². The predicted octanol–water partition coefficient (Wildman–Crippen LogP) is -0.824. The van der Waals surface area contributed by atoms with Crippen molar-refractivity contribution < 1.29 is 26.8 Å². The molecule has 0 bridgehead atoms. The van der Waals surface area contributed by atoms with E-state index in [4.69, 9.17) is 15.8 Å². The lowest BCUT2D eigenvalue weighted by atomic mass is 10.1. The molecular weight excluding hydrogens is 328 g/mol. The zero-order chi connectivity index (χ0) is 15.2. The number of hydrogen-bond acceptors (Lipinski definition) is 7. The Hall–Kier alpha value is -0.865. The van der Waals surface area contributed by atoms with E-state index in [0.29, 0.717) is 0 Å². The van der Waals surface area contributed by atoms with E-state index in [1.807, 2.05) is 0 Å². The van der Waals surface area contributed by atoms with Gasteiger partial charge >= 0.3 is 24.1 Å². The lowest BCUT2D eigenvalue weighted by molar-refractivity contribution is -0.144. The Morgan fingerprint density at radius 3 is 2.60 bits per heavy atom. The van der Waals surface area contributed by atoms with Crippen LogP contribution in [0.4, 0.5) is 0 Å². The second-order valence-electron chi connectivity index (χ2n) is 4.27. The van der Waals surface area contributed by atoms with Crippen LogP contribution >= 0.6 is 23.4 Å². The van der Waals surface area contributed by atoms with E-state index >= 15 is 0 Å². The average Bonchev–Trinajstić information content (AvgIpc) is 2.37. The van der Waals surface area contributed by atoms with Crippen molar-refractivity contribution in [2.45, 2.75) is 22.9 Å². The topological polar surface area (TPSA) is 90.0 Å². The number of nitrogens with zero attached hydrogens (tertiary/aromatic N) is 1. The van der Waals surface area contributed by atoms with Gasteiger partial charge in [-0.2, -0.15) is 8.42 Å². The number of carbonyl (C=O) groups excluding carboxylic acids is 2. The molecule has 1 amide bonds. The standard InChI is InChI=1S/C9H11BClNO6S2/c1-3-6(18-20(2,15)16)5(9(14)17-10)12-7(13)4(11)8(12)19-3/h3-4,8H,10H2,1-2H3/t3-,4?,8+/m0/s1. The minimum atomic E-state index is -3.83. The summed E-state index contributed by atoms with van der Waals surface area (Å²) in [5.41, 5.74) is -0.198. The molecule has 110 valence electrons. The first kappa shape index (κ1) is 15.5. The van der Waals surface area contributed by atoms with Gasteiger partial charge in [0.15, 0.2) is 11.5 Å². The monoisotopic (exact) mass is 339 g/mol. The highest BCUT2D eigenvalue weighted by atomic mass is 35.5. The quantitative estimate of drug-likeness (QED) is 0.287. The van der Waals surface area contributed by atoms with Crippen LogP contribution in [0.3, 0.4) is 0 Å². The van der Waals surface area contributed by atoms with Gasteiger partial charge in [0.05, 0.1) is 11.5 Å². The van der Waals surface area contributed by atoms with Crippen molar-refractivity contribution in [3.63, 3.8) is 0 Å². The molecule has 1 unspecified atom stereocenters. The van der Waals surface area contributed by atoms with E-state index in [0.717, 1.165) is 19.2 Å². The predicted molar refractivity (Wildman–Crippen MR) is 74.9 cm³/mol. The molecule has 0 N–H and O–H groups in total. The van der Waals surface area contributed by atoms with Crippen molar-refractivity contribution in [2.24, 2.45) is 0 Å². The largest absolute Gasteiger partial charge is 0.539 e. The van der Waals surface area contributed by atoms with Gasteiger partial charge in [-0.1, -0.05) is 0 Å². The van der Waals surface area contributed by atoms with Crippen LogP contribution in [0.5, 0.6) is 0 Å². The maximum atomic E-state index is 11.8. The van der Waals surface area contributed by atoms with Crippen LogP contribution in [0.25, 0.3) is 0 Å². The summed E-state index contributed by atoms with van der Waals surface area (Å²) < 4.78 is 32.1. The second kappa shape index (κ2) is 5.16. The van der Waals surface area contributed by atoms with Crippen LogP contribution in [0.1, 0.15) is 6.92 Å². The van der Waals surface area contributed by atoms with E-state index in [2.05, 4.69) is 4.65 Å². The summed E-state index contributed by atoms with van der Waals surface area (Å²) in [7, 11) is -2.69. The highest BCUT2D eigenvalue weighted by Crippen LogP contribution is 2.46. The number of amides is 1. The zero-order valence-electron chi connectivity index (χ0n) is 10.8. The Balaban J connectivity index is 2.51. The van der Waals surface area contributed by atoms with Crippen LogP contribution in [0.15, 0.2) is 11.5 Å². The van der Waals surface area contributed by atoms with E-state index in [1.54, 1.807) is 6.92 Å². The molecular formula is C9H11BClNO6S2. The Morgan fingerprint density at radius 1 is 1.50 bits per heavy atom. The highest BCUT2D eigenvalue weighted by molar-refractivity contribution is 8.01. The Morgan fingerprint density at radius 2 is 2.10 bits per heavy atom. The fourth-order valence-electron chi connectivity index (χ4n) is 1.94. The van der Waals surface area contributed by atoms with Gasteiger partial charge in [0.1, 0.15) is 10.8 Å². The number of thioether (sulfide) groups is 1. The van der Waals surface area contributed by atoms with Gasteiger partial charge in [-0.15, -0.1) is 23.4 Å². The molecule has 0 aromatic carbocycles. The third-order valence-corrected chi connectivity index (χ3v) is 5.23. The van der Waals surface area contributed by atoms with Gasteiger partial charge in [-0.3, -0.25) is 9.69 Å². The van der Waals surface area contributed by atoms with Crippen molar-refractivity contribution >= 4 is 53.4 Å². The van der Waals surface area contributed by atoms with Gasteiger partial charge in [-0.25, -0.2) is 4.79 Å². The first-order valence-corrected chi connectivity index (χ1v) is 8.71. The Bertz CT molecular complexity index is 606. The number of carbonyl (C=O) groups is 2. The molecule has 2 rings (SSSR count). The summed E-state index contributed by atoms with van der Waals surface area (Å²) in [6.07, 6.45) is 0.862. The molecule has 3 atom stereocenters. The van der Waals surface area contributed by atoms with Gasteiger partial charge in [0.2, 0.25) is 5.91 Å². The molecule has 2 aliphatic rings. The van der Waals surface area contributed by atoms with Crippen LogP contribution in [-0.4, -0.2) is 55.5 Å². The third-order valence-electron chi connectivity index (χ3n) is 2.79. The van der Waals surface area contributed by atoms with E-state index in [-0.39, 0.29) is 11.5 Å². The fourth-order valence-corrected chi connectivity index (χ4v) is 4.24. The fraction of sp³-hybridized carbons (Fsp3) is 0.556. The van der Waals surface area contributed by atoms with Gasteiger partial charge in [-0.05, 0) is 6.92 Å². The zero-order valence-corrected chi connectivity index (χ0v) is 13.2. The smallest absolute Gasteiger partial charge is 0.340 e. The lowest BCUT2D eigenvalue weighted by Crippen LogP contribution is -2.63. The maximum Gasteiger partial charge on any atom is 0.340 e. The molecule has 0 spiro atoms. The number of β-lactam (4-membered cyclic amide) rings is 1. The normalized spacial score (nSPS) is 29.6. The summed E-state index contributed by atoms with van der Waals surface area (Å²) in [5, 5.41) is -1.63. The SMILES string of the molecule is BOC(=O)C1=C(OS(C)(=O)=O)[C@H](C)S[C@@H]2C(Cl)C(=O)N12. The minimum Gasteiger partial charge on any atom is -0.539 e. The third kappa shape index (κ3) is 2.51. The molecule has 2 aliphatic heterocycles. The summed E-state index contributed by atoms with van der Waals surface area (Å²) in [5.74, 6) is -1.43. The second-order valence-corrected chi connectivity index (χ2v) is 7.78. The van der Waals surface area contributed by atoms with E-state index in [9.17, 15) is 18.0 Å². The number of hydrogen-bond donors (Lipinski definition) is 0. The number of halogens is 1. The first-order chi connectivity index (χ1) is 9.17. The van der Waals surface area contributed by atoms with E-state index < -0.39 is 38.0 Å². The summed E-state index contributed by atoms with van der Waals surface area (Å²) in [6.45, 7) is 1.66. The van der Waals surface area contributed by atoms with Crippen LogP contribution in [0, 0.1) is 0 Å². The van der Waals surface area contributed by atoms with Crippen molar-refractivity contribution in [3.05, 3.63) is 11.5 Å². The number of alkyl halides is 1. The molecule has 0 aromatic heterocycles. The molecule has 0 aliphatic carbocycles. The molecule has 0 saturated carbocycles. The highest BCUT2D eigenvalue weighted by Gasteiger charge is 2.55. The first-order valence-electron chi connectivity index (χ1n) is 5.52. The summed E-state index contributed by atoms with van der Waals surface area (Å²) in [4.78, 5) is 24.7. The molecule has 0 aromatic rings. The Labute approximate surface area is 126 Å². The van der Waals surface area contributed by atoms with Crippen LogP contribution in [0.2, 0.25) is 0 Å². The van der Waals surface area contributed by atoms with Crippen LogP contribution < -0.4 is 0 Å².